The first kappa shape index (κ1) is 13.9. The maximum atomic E-state index is 13.0. The minimum Gasteiger partial charge on any atom is -0.329 e. The summed E-state index contributed by atoms with van der Waals surface area (Å²) < 4.78 is 13.0. The molecule has 0 aromatic heterocycles. The van der Waals surface area contributed by atoms with Crippen LogP contribution in [0.3, 0.4) is 0 Å². The van der Waals surface area contributed by atoms with Crippen molar-refractivity contribution in [3.8, 4) is 0 Å². The van der Waals surface area contributed by atoms with Crippen molar-refractivity contribution in [2.75, 3.05) is 18.5 Å². The van der Waals surface area contributed by atoms with Crippen molar-refractivity contribution in [1.29, 1.82) is 0 Å². The summed E-state index contributed by atoms with van der Waals surface area (Å²) in [5, 5.41) is -0.00676. The van der Waals surface area contributed by atoms with Crippen LogP contribution >= 0.6 is 11.6 Å². The van der Waals surface area contributed by atoms with Crippen LogP contribution in [0.4, 0.5) is 10.1 Å². The minimum atomic E-state index is -0.657. The lowest BCUT2D eigenvalue weighted by Gasteiger charge is -2.28. The maximum Gasteiger partial charge on any atom is 0.233 e. The molecular formula is C12H16ClFN2O. The molecule has 0 unspecified atom stereocenters. The fourth-order valence-corrected chi connectivity index (χ4v) is 1.53. The predicted octanol–water partition coefficient (Wildman–Crippen LogP) is 2.43. The predicted molar refractivity (Wildman–Crippen MR) is 67.7 cm³/mol. The van der Waals surface area contributed by atoms with Gasteiger partial charge in [0.25, 0.3) is 0 Å². The van der Waals surface area contributed by atoms with Gasteiger partial charge in [0.05, 0.1) is 10.4 Å². The molecule has 1 aromatic carbocycles. The molecule has 1 aromatic rings. The zero-order valence-corrected chi connectivity index (χ0v) is 10.9. The molecule has 1 rings (SSSR count). The quantitative estimate of drug-likeness (QED) is 0.905. The van der Waals surface area contributed by atoms with Gasteiger partial charge in [-0.05, 0) is 32.0 Å². The Hall–Kier alpha value is -1.13. The smallest absolute Gasteiger partial charge is 0.233 e. The van der Waals surface area contributed by atoms with Crippen LogP contribution in [0.25, 0.3) is 0 Å². The standard InChI is InChI=1S/C12H16ClFN2O/c1-12(2,7-15)11(17)16(3)8-4-5-10(14)9(13)6-8/h4-6H,7,15H2,1-3H3. The molecule has 0 fully saturated rings. The molecule has 0 saturated carbocycles. The summed E-state index contributed by atoms with van der Waals surface area (Å²) in [6.45, 7) is 3.76. The van der Waals surface area contributed by atoms with Crippen molar-refractivity contribution in [3.63, 3.8) is 0 Å². The molecule has 0 spiro atoms. The number of anilines is 1. The van der Waals surface area contributed by atoms with E-state index in [0.29, 0.717) is 5.69 Å². The zero-order valence-electron chi connectivity index (χ0n) is 10.1. The third-order valence-electron chi connectivity index (χ3n) is 2.68. The van der Waals surface area contributed by atoms with Gasteiger partial charge >= 0.3 is 0 Å². The fraction of sp³-hybridized carbons (Fsp3) is 0.417. The second-order valence-electron chi connectivity index (χ2n) is 4.55. The van der Waals surface area contributed by atoms with E-state index >= 15 is 0 Å². The number of rotatable bonds is 3. The molecular weight excluding hydrogens is 243 g/mol. The molecule has 0 aliphatic rings. The summed E-state index contributed by atoms with van der Waals surface area (Å²) >= 11 is 5.67. The molecule has 0 saturated heterocycles. The number of halogens is 2. The SMILES string of the molecule is CN(C(=O)C(C)(C)CN)c1ccc(F)c(Cl)c1. The van der Waals surface area contributed by atoms with Gasteiger partial charge < -0.3 is 10.6 Å². The maximum absolute atomic E-state index is 13.0. The van der Waals surface area contributed by atoms with Gasteiger partial charge in [-0.3, -0.25) is 4.79 Å². The molecule has 0 radical (unpaired) electrons. The average molecular weight is 259 g/mol. The van der Waals surface area contributed by atoms with E-state index in [-0.39, 0.29) is 17.5 Å². The molecule has 1 amide bonds. The van der Waals surface area contributed by atoms with Gasteiger partial charge in [-0.1, -0.05) is 11.6 Å². The fourth-order valence-electron chi connectivity index (χ4n) is 1.35. The molecule has 0 aliphatic heterocycles. The van der Waals surface area contributed by atoms with Gasteiger partial charge in [-0.25, -0.2) is 4.39 Å². The highest BCUT2D eigenvalue weighted by atomic mass is 35.5. The first-order valence-corrected chi connectivity index (χ1v) is 5.60. The van der Waals surface area contributed by atoms with E-state index in [1.807, 2.05) is 0 Å². The monoisotopic (exact) mass is 258 g/mol. The summed E-state index contributed by atoms with van der Waals surface area (Å²) in [7, 11) is 1.61. The Morgan fingerprint density at radius 1 is 1.53 bits per heavy atom. The lowest BCUT2D eigenvalue weighted by molar-refractivity contribution is -0.125. The molecule has 17 heavy (non-hydrogen) atoms. The summed E-state index contributed by atoms with van der Waals surface area (Å²) in [6.07, 6.45) is 0. The van der Waals surface area contributed by atoms with Crippen LogP contribution in [0.1, 0.15) is 13.8 Å². The van der Waals surface area contributed by atoms with Crippen LogP contribution in [0.5, 0.6) is 0 Å². The number of hydrogen-bond donors (Lipinski definition) is 1. The normalized spacial score (nSPS) is 11.4. The Bertz CT molecular complexity index is 435. The van der Waals surface area contributed by atoms with E-state index in [1.165, 1.54) is 23.1 Å². The van der Waals surface area contributed by atoms with E-state index in [9.17, 15) is 9.18 Å². The Morgan fingerprint density at radius 2 is 2.12 bits per heavy atom. The van der Waals surface area contributed by atoms with E-state index in [1.54, 1.807) is 20.9 Å². The Labute approximate surface area is 105 Å². The molecule has 0 bridgehead atoms. The van der Waals surface area contributed by atoms with Crippen LogP contribution in [0.15, 0.2) is 18.2 Å². The molecule has 94 valence electrons. The second kappa shape index (κ2) is 5.02. The molecule has 0 atom stereocenters. The summed E-state index contributed by atoms with van der Waals surface area (Å²) in [4.78, 5) is 13.5. The average Bonchev–Trinajstić information content (AvgIpc) is 2.30. The molecule has 0 aliphatic carbocycles. The highest BCUT2D eigenvalue weighted by molar-refractivity contribution is 6.31. The van der Waals surface area contributed by atoms with Gasteiger partial charge in [0.15, 0.2) is 0 Å². The number of benzene rings is 1. The summed E-state index contributed by atoms with van der Waals surface area (Å²) in [5.74, 6) is -0.642. The number of nitrogens with zero attached hydrogens (tertiary/aromatic N) is 1. The van der Waals surface area contributed by atoms with Crippen LogP contribution in [0.2, 0.25) is 5.02 Å². The van der Waals surface area contributed by atoms with Gasteiger partial charge in [0.1, 0.15) is 5.82 Å². The second-order valence-corrected chi connectivity index (χ2v) is 4.96. The van der Waals surface area contributed by atoms with Crippen molar-refractivity contribution in [1.82, 2.24) is 0 Å². The highest BCUT2D eigenvalue weighted by Gasteiger charge is 2.29. The van der Waals surface area contributed by atoms with Crippen molar-refractivity contribution in [2.24, 2.45) is 11.1 Å². The van der Waals surface area contributed by atoms with Gasteiger partial charge in [-0.2, -0.15) is 0 Å². The Balaban J connectivity index is 3.00. The third kappa shape index (κ3) is 2.96. The van der Waals surface area contributed by atoms with Gasteiger partial charge in [0.2, 0.25) is 5.91 Å². The number of carbonyl (C=O) groups excluding carboxylic acids is 1. The van der Waals surface area contributed by atoms with Crippen molar-refractivity contribution in [2.45, 2.75) is 13.8 Å². The molecule has 3 nitrogen and oxygen atoms in total. The number of nitrogens with two attached hydrogens (primary N) is 1. The summed E-state index contributed by atoms with van der Waals surface area (Å²) in [5.41, 5.74) is 5.43. The van der Waals surface area contributed by atoms with Gasteiger partial charge in [-0.15, -0.1) is 0 Å². The minimum absolute atomic E-state index is 0.00676. The third-order valence-corrected chi connectivity index (χ3v) is 2.97. The Morgan fingerprint density at radius 3 is 2.59 bits per heavy atom. The lowest BCUT2D eigenvalue weighted by atomic mass is 9.92. The topological polar surface area (TPSA) is 46.3 Å². The summed E-state index contributed by atoms with van der Waals surface area (Å²) in [6, 6.07) is 4.16. The first-order chi connectivity index (χ1) is 7.79. The van der Waals surface area contributed by atoms with Crippen molar-refractivity contribution < 1.29 is 9.18 Å². The van der Waals surface area contributed by atoms with E-state index in [0.717, 1.165) is 0 Å². The zero-order chi connectivity index (χ0) is 13.2. The number of hydrogen-bond acceptors (Lipinski definition) is 2. The first-order valence-electron chi connectivity index (χ1n) is 5.23. The number of amides is 1. The molecule has 2 N–H and O–H groups in total. The largest absolute Gasteiger partial charge is 0.329 e. The molecule has 5 heteroatoms. The highest BCUT2D eigenvalue weighted by Crippen LogP contribution is 2.25. The van der Waals surface area contributed by atoms with Crippen molar-refractivity contribution in [3.05, 3.63) is 29.0 Å². The van der Waals surface area contributed by atoms with Crippen LogP contribution < -0.4 is 10.6 Å². The Kier molecular flexibility index (Phi) is 4.11. The van der Waals surface area contributed by atoms with Crippen LogP contribution in [0, 0.1) is 11.2 Å². The van der Waals surface area contributed by atoms with Gasteiger partial charge in [0, 0.05) is 19.3 Å². The number of carbonyl (C=O) groups is 1. The lowest BCUT2D eigenvalue weighted by Crippen LogP contribution is -2.42. The van der Waals surface area contributed by atoms with Crippen molar-refractivity contribution >= 4 is 23.2 Å². The van der Waals surface area contributed by atoms with E-state index < -0.39 is 11.2 Å². The molecule has 0 heterocycles. The van der Waals surface area contributed by atoms with Crippen LogP contribution in [-0.2, 0) is 4.79 Å². The van der Waals surface area contributed by atoms with E-state index in [2.05, 4.69) is 0 Å². The van der Waals surface area contributed by atoms with Crippen LogP contribution in [-0.4, -0.2) is 19.5 Å². The van der Waals surface area contributed by atoms with E-state index in [4.69, 9.17) is 17.3 Å².